The van der Waals surface area contributed by atoms with Crippen molar-refractivity contribution < 1.29 is 17.5 Å². The smallest absolute Gasteiger partial charge is 0.234 e. The Morgan fingerprint density at radius 1 is 1.11 bits per heavy atom. The number of halogens is 2. The summed E-state index contributed by atoms with van der Waals surface area (Å²) in [7, 11) is -3.60. The molecule has 4 heterocycles. The predicted molar refractivity (Wildman–Crippen MR) is 145 cm³/mol. The monoisotopic (exact) mass is 557 g/mol. The van der Waals surface area contributed by atoms with E-state index in [1.165, 1.54) is 18.5 Å². The third kappa shape index (κ3) is 6.16. The molecule has 0 amide bonds. The van der Waals surface area contributed by atoms with Gasteiger partial charge in [-0.05, 0) is 43.3 Å². The van der Waals surface area contributed by atoms with Gasteiger partial charge in [0.15, 0.2) is 5.82 Å². The molecule has 0 bridgehead atoms. The number of aryl methyl sites for hydroxylation is 1. The van der Waals surface area contributed by atoms with Gasteiger partial charge in [0.1, 0.15) is 17.7 Å². The minimum atomic E-state index is -3.60. The third-order valence-electron chi connectivity index (χ3n) is 6.09. The van der Waals surface area contributed by atoms with Crippen LogP contribution < -0.4 is 10.0 Å². The molecule has 4 aromatic rings. The van der Waals surface area contributed by atoms with Crippen molar-refractivity contribution in [3.8, 4) is 11.3 Å². The van der Waals surface area contributed by atoms with Gasteiger partial charge in [-0.25, -0.2) is 27.8 Å². The van der Waals surface area contributed by atoms with Crippen molar-refractivity contribution in [2.75, 3.05) is 48.6 Å². The number of aromatic nitrogens is 4. The van der Waals surface area contributed by atoms with Crippen LogP contribution in [0.5, 0.6) is 0 Å². The summed E-state index contributed by atoms with van der Waals surface area (Å²) in [6.07, 6.45) is 3.03. The Morgan fingerprint density at radius 3 is 2.71 bits per heavy atom. The Morgan fingerprint density at radius 2 is 1.92 bits per heavy atom. The largest absolute Gasteiger partial charge is 0.379 e. The Kier molecular flexibility index (Phi) is 7.65. The molecule has 0 spiro atoms. The van der Waals surface area contributed by atoms with Crippen LogP contribution in [0.15, 0.2) is 48.9 Å². The average Bonchev–Trinajstić information content (AvgIpc) is 2.91. The standard InChI is InChI=1S/C25H25ClFN7O3S/c1-16-23(33-38(35,36)11-8-34-6-9-37-10-7-34)12-17(14-28-16)21-4-5-22-24(32-21)25(30-15-29-22)31-18-2-3-20(27)19(26)13-18/h2-5,12-15,33H,6-11H2,1H3,(H,29,30,31). The molecule has 38 heavy (non-hydrogen) atoms. The molecule has 1 fully saturated rings. The van der Waals surface area contributed by atoms with Gasteiger partial charge in [0.2, 0.25) is 10.0 Å². The number of pyridine rings is 2. The van der Waals surface area contributed by atoms with E-state index in [4.69, 9.17) is 21.3 Å². The second-order valence-corrected chi connectivity index (χ2v) is 11.0. The van der Waals surface area contributed by atoms with Crippen molar-refractivity contribution in [1.29, 1.82) is 0 Å². The number of hydrogen-bond donors (Lipinski definition) is 2. The highest BCUT2D eigenvalue weighted by atomic mass is 35.5. The highest BCUT2D eigenvalue weighted by Gasteiger charge is 2.18. The fraction of sp³-hybridized carbons (Fsp3) is 0.280. The van der Waals surface area contributed by atoms with Crippen LogP contribution in [0.2, 0.25) is 5.02 Å². The first-order valence-electron chi connectivity index (χ1n) is 11.9. The van der Waals surface area contributed by atoms with Crippen LogP contribution in [0.4, 0.5) is 21.6 Å². The van der Waals surface area contributed by atoms with E-state index in [0.29, 0.717) is 78.0 Å². The zero-order valence-corrected chi connectivity index (χ0v) is 22.1. The number of benzene rings is 1. The lowest BCUT2D eigenvalue weighted by Crippen LogP contribution is -2.39. The lowest BCUT2D eigenvalue weighted by atomic mass is 10.1. The van der Waals surface area contributed by atoms with Gasteiger partial charge >= 0.3 is 0 Å². The van der Waals surface area contributed by atoms with Gasteiger partial charge in [-0.15, -0.1) is 0 Å². The van der Waals surface area contributed by atoms with Crippen molar-refractivity contribution in [3.63, 3.8) is 0 Å². The number of ether oxygens (including phenoxy) is 1. The molecule has 0 aliphatic carbocycles. The molecule has 5 rings (SSSR count). The average molecular weight is 558 g/mol. The van der Waals surface area contributed by atoms with Crippen LogP contribution in [0.3, 0.4) is 0 Å². The predicted octanol–water partition coefficient (Wildman–Crippen LogP) is 4.01. The van der Waals surface area contributed by atoms with Crippen molar-refractivity contribution in [2.45, 2.75) is 6.92 Å². The van der Waals surface area contributed by atoms with Crippen LogP contribution >= 0.6 is 11.6 Å². The van der Waals surface area contributed by atoms with Gasteiger partial charge in [0.25, 0.3) is 0 Å². The summed E-state index contributed by atoms with van der Waals surface area (Å²) >= 11 is 5.91. The number of fused-ring (bicyclic) bond motifs is 1. The van der Waals surface area contributed by atoms with E-state index in [-0.39, 0.29) is 10.8 Å². The van der Waals surface area contributed by atoms with Crippen molar-refractivity contribution in [1.82, 2.24) is 24.8 Å². The molecule has 2 N–H and O–H groups in total. The van der Waals surface area contributed by atoms with E-state index in [2.05, 4.69) is 29.9 Å². The first kappa shape index (κ1) is 26.2. The second-order valence-electron chi connectivity index (χ2n) is 8.77. The number of sulfonamides is 1. The van der Waals surface area contributed by atoms with Gasteiger partial charge < -0.3 is 10.1 Å². The normalized spacial score (nSPS) is 14.5. The zero-order valence-electron chi connectivity index (χ0n) is 20.5. The van der Waals surface area contributed by atoms with Crippen LogP contribution in [-0.2, 0) is 14.8 Å². The van der Waals surface area contributed by atoms with Crippen molar-refractivity contribution in [2.24, 2.45) is 0 Å². The maximum absolute atomic E-state index is 13.6. The molecule has 0 radical (unpaired) electrons. The first-order valence-corrected chi connectivity index (χ1v) is 13.9. The zero-order chi connectivity index (χ0) is 26.7. The van der Waals surface area contributed by atoms with Crippen LogP contribution in [0, 0.1) is 12.7 Å². The molecule has 1 aliphatic rings. The summed E-state index contributed by atoms with van der Waals surface area (Å²) < 4.78 is 47.2. The molecule has 1 aromatic carbocycles. The molecule has 10 nitrogen and oxygen atoms in total. The Labute approximate surface area is 224 Å². The van der Waals surface area contributed by atoms with E-state index >= 15 is 0 Å². The highest BCUT2D eigenvalue weighted by Crippen LogP contribution is 2.28. The summed E-state index contributed by atoms with van der Waals surface area (Å²) in [5, 5.41) is 3.08. The molecule has 0 unspecified atom stereocenters. The number of hydrogen-bond acceptors (Lipinski definition) is 9. The summed E-state index contributed by atoms with van der Waals surface area (Å²) in [6.45, 7) is 4.81. The SMILES string of the molecule is Cc1ncc(-c2ccc3ncnc(Nc4ccc(F)c(Cl)c4)c3n2)cc1NS(=O)(=O)CCN1CCOCC1. The topological polar surface area (TPSA) is 122 Å². The Bertz CT molecular complexity index is 1580. The number of nitrogens with zero attached hydrogens (tertiary/aromatic N) is 5. The number of nitrogens with one attached hydrogen (secondary N) is 2. The van der Waals surface area contributed by atoms with Crippen molar-refractivity contribution >= 4 is 49.9 Å². The van der Waals surface area contributed by atoms with Gasteiger partial charge in [0.05, 0.1) is 46.6 Å². The van der Waals surface area contributed by atoms with E-state index < -0.39 is 15.8 Å². The molecular weight excluding hydrogens is 533 g/mol. The van der Waals surface area contributed by atoms with Gasteiger partial charge in [-0.2, -0.15) is 0 Å². The van der Waals surface area contributed by atoms with E-state index in [0.717, 1.165) is 0 Å². The highest BCUT2D eigenvalue weighted by molar-refractivity contribution is 7.92. The minimum Gasteiger partial charge on any atom is -0.379 e. The number of anilines is 3. The molecule has 1 aliphatic heterocycles. The molecule has 0 saturated carbocycles. The summed E-state index contributed by atoms with van der Waals surface area (Å²) in [4.78, 5) is 19.7. The van der Waals surface area contributed by atoms with E-state index in [9.17, 15) is 12.8 Å². The van der Waals surface area contributed by atoms with Crippen molar-refractivity contribution in [3.05, 3.63) is 65.5 Å². The maximum Gasteiger partial charge on any atom is 0.234 e. The molecule has 13 heteroatoms. The lowest BCUT2D eigenvalue weighted by molar-refractivity contribution is 0.0408. The van der Waals surface area contributed by atoms with Crippen LogP contribution in [0.1, 0.15) is 5.69 Å². The summed E-state index contributed by atoms with van der Waals surface area (Å²) in [5.74, 6) is -0.154. The molecule has 198 valence electrons. The maximum atomic E-state index is 13.6. The molecule has 0 atom stereocenters. The van der Waals surface area contributed by atoms with Crippen LogP contribution in [-0.4, -0.2) is 71.9 Å². The van der Waals surface area contributed by atoms with E-state index in [1.807, 2.05) is 0 Å². The second kappa shape index (κ2) is 11.1. The quantitative estimate of drug-likeness (QED) is 0.331. The number of rotatable bonds is 8. The lowest BCUT2D eigenvalue weighted by Gasteiger charge is -2.26. The van der Waals surface area contributed by atoms with Gasteiger partial charge in [0, 0.05) is 37.1 Å². The summed E-state index contributed by atoms with van der Waals surface area (Å²) in [5.41, 5.74) is 3.69. The summed E-state index contributed by atoms with van der Waals surface area (Å²) in [6, 6.07) is 9.52. The molecular formula is C25H25ClFN7O3S. The van der Waals surface area contributed by atoms with E-state index in [1.54, 1.807) is 37.4 Å². The van der Waals surface area contributed by atoms with Crippen LogP contribution in [0.25, 0.3) is 22.3 Å². The van der Waals surface area contributed by atoms with Gasteiger partial charge in [-0.3, -0.25) is 14.6 Å². The molecule has 1 saturated heterocycles. The fourth-order valence-corrected chi connectivity index (χ4v) is 5.30. The fourth-order valence-electron chi connectivity index (χ4n) is 3.97. The van der Waals surface area contributed by atoms with Gasteiger partial charge in [-0.1, -0.05) is 11.6 Å². The first-order chi connectivity index (χ1) is 18.3. The minimum absolute atomic E-state index is 0.0207. The Balaban J connectivity index is 1.40. The molecule has 3 aromatic heterocycles. The number of morpholine rings is 1. The third-order valence-corrected chi connectivity index (χ3v) is 7.63. The Hall–Kier alpha value is -3.45.